The molecule has 0 aliphatic heterocycles. The molecule has 0 saturated heterocycles. The number of halogens is 1. The number of hydrogen-bond donors (Lipinski definition) is 0. The van der Waals surface area contributed by atoms with Crippen molar-refractivity contribution in [3.8, 4) is 0 Å². The van der Waals surface area contributed by atoms with Crippen LogP contribution in [0.2, 0.25) is 5.15 Å². The van der Waals surface area contributed by atoms with Crippen LogP contribution >= 0.6 is 11.6 Å². The van der Waals surface area contributed by atoms with Crippen molar-refractivity contribution < 1.29 is 4.79 Å². The minimum atomic E-state index is -0.114. The molecule has 1 rings (SSSR count). The van der Waals surface area contributed by atoms with E-state index in [4.69, 9.17) is 11.6 Å². The van der Waals surface area contributed by atoms with E-state index in [0.29, 0.717) is 17.4 Å². The maximum Gasteiger partial charge on any atom is 0.274 e. The highest BCUT2D eigenvalue weighted by Crippen LogP contribution is 2.07. The number of rotatable bonds is 3. The zero-order valence-electron chi connectivity index (χ0n) is 9.07. The van der Waals surface area contributed by atoms with Crippen LogP contribution in [0.5, 0.6) is 0 Å². The van der Waals surface area contributed by atoms with E-state index in [1.807, 2.05) is 20.8 Å². The molecule has 0 spiro atoms. The van der Waals surface area contributed by atoms with Gasteiger partial charge < -0.3 is 4.90 Å². The number of aromatic nitrogens is 2. The van der Waals surface area contributed by atoms with Crippen molar-refractivity contribution in [1.82, 2.24) is 14.9 Å². The molecule has 4 nitrogen and oxygen atoms in total. The third kappa shape index (κ3) is 2.89. The fraction of sp³-hybridized carbons (Fsp3) is 0.500. The molecule has 0 fully saturated rings. The average Bonchev–Trinajstić information content (AvgIpc) is 2.19. The Morgan fingerprint density at radius 3 is 2.53 bits per heavy atom. The SMILES string of the molecule is CCN(C(=O)c1cnc(Cl)cn1)C(C)C. The Bertz CT molecular complexity index is 337. The van der Waals surface area contributed by atoms with Gasteiger partial charge in [-0.2, -0.15) is 0 Å². The highest BCUT2D eigenvalue weighted by molar-refractivity contribution is 6.29. The normalized spacial score (nSPS) is 10.5. The quantitative estimate of drug-likeness (QED) is 0.794. The van der Waals surface area contributed by atoms with Gasteiger partial charge in [-0.1, -0.05) is 11.6 Å². The smallest absolute Gasteiger partial charge is 0.274 e. The zero-order chi connectivity index (χ0) is 11.4. The maximum atomic E-state index is 11.9. The van der Waals surface area contributed by atoms with Crippen LogP contribution in [-0.2, 0) is 0 Å². The van der Waals surface area contributed by atoms with E-state index < -0.39 is 0 Å². The monoisotopic (exact) mass is 227 g/mol. The molecule has 0 bridgehead atoms. The summed E-state index contributed by atoms with van der Waals surface area (Å²) in [4.78, 5) is 21.4. The van der Waals surface area contributed by atoms with Gasteiger partial charge in [-0.05, 0) is 20.8 Å². The Labute approximate surface area is 94.3 Å². The maximum absolute atomic E-state index is 11.9. The molecular weight excluding hydrogens is 214 g/mol. The molecule has 82 valence electrons. The van der Waals surface area contributed by atoms with Crippen molar-refractivity contribution >= 4 is 17.5 Å². The molecule has 0 radical (unpaired) electrons. The number of amides is 1. The second-order valence-corrected chi connectivity index (χ2v) is 3.80. The minimum absolute atomic E-state index is 0.114. The van der Waals surface area contributed by atoms with Gasteiger partial charge in [0.15, 0.2) is 0 Å². The highest BCUT2D eigenvalue weighted by Gasteiger charge is 2.18. The van der Waals surface area contributed by atoms with Crippen LogP contribution in [0.4, 0.5) is 0 Å². The van der Waals surface area contributed by atoms with Crippen molar-refractivity contribution in [3.63, 3.8) is 0 Å². The number of carbonyl (C=O) groups excluding carboxylic acids is 1. The second kappa shape index (κ2) is 5.07. The van der Waals surface area contributed by atoms with Crippen molar-refractivity contribution in [2.75, 3.05) is 6.54 Å². The lowest BCUT2D eigenvalue weighted by atomic mass is 10.3. The summed E-state index contributed by atoms with van der Waals surface area (Å²) in [6.45, 7) is 6.51. The van der Waals surface area contributed by atoms with Gasteiger partial charge in [0.05, 0.1) is 12.4 Å². The minimum Gasteiger partial charge on any atom is -0.335 e. The summed E-state index contributed by atoms with van der Waals surface area (Å²) in [5.74, 6) is -0.114. The van der Waals surface area contributed by atoms with Crippen molar-refractivity contribution in [1.29, 1.82) is 0 Å². The predicted octanol–water partition coefficient (Wildman–Crippen LogP) is 2.00. The molecule has 0 N–H and O–H groups in total. The summed E-state index contributed by atoms with van der Waals surface area (Å²) in [5, 5.41) is 0.291. The summed E-state index contributed by atoms with van der Waals surface area (Å²) in [7, 11) is 0. The van der Waals surface area contributed by atoms with Gasteiger partial charge >= 0.3 is 0 Å². The summed E-state index contributed by atoms with van der Waals surface area (Å²) < 4.78 is 0. The van der Waals surface area contributed by atoms with Gasteiger partial charge in [0, 0.05) is 12.6 Å². The standard InChI is InChI=1S/C10H14ClN3O/c1-4-14(7(2)3)10(15)8-5-13-9(11)6-12-8/h5-7H,4H2,1-3H3. The first kappa shape index (κ1) is 11.9. The Morgan fingerprint density at radius 2 is 2.13 bits per heavy atom. The number of carbonyl (C=O) groups is 1. The molecule has 0 saturated carbocycles. The average molecular weight is 228 g/mol. The van der Waals surface area contributed by atoms with Gasteiger partial charge in [-0.3, -0.25) is 4.79 Å². The van der Waals surface area contributed by atoms with E-state index >= 15 is 0 Å². The largest absolute Gasteiger partial charge is 0.335 e. The molecular formula is C10H14ClN3O. The van der Waals surface area contributed by atoms with Crippen LogP contribution < -0.4 is 0 Å². The van der Waals surface area contributed by atoms with Crippen LogP contribution in [0.25, 0.3) is 0 Å². The van der Waals surface area contributed by atoms with Crippen molar-refractivity contribution in [3.05, 3.63) is 23.2 Å². The second-order valence-electron chi connectivity index (χ2n) is 3.41. The Balaban J connectivity index is 2.88. The molecule has 0 unspecified atom stereocenters. The zero-order valence-corrected chi connectivity index (χ0v) is 9.82. The van der Waals surface area contributed by atoms with Gasteiger partial charge in [0.2, 0.25) is 0 Å². The van der Waals surface area contributed by atoms with E-state index in [2.05, 4.69) is 9.97 Å². The fourth-order valence-corrected chi connectivity index (χ4v) is 1.41. The molecule has 0 atom stereocenters. The van der Waals surface area contributed by atoms with Crippen LogP contribution in [0.3, 0.4) is 0 Å². The van der Waals surface area contributed by atoms with E-state index in [9.17, 15) is 4.79 Å². The van der Waals surface area contributed by atoms with Gasteiger partial charge in [-0.15, -0.1) is 0 Å². The fourth-order valence-electron chi connectivity index (χ4n) is 1.31. The molecule has 5 heteroatoms. The van der Waals surface area contributed by atoms with Gasteiger partial charge in [0.1, 0.15) is 10.8 Å². The topological polar surface area (TPSA) is 46.1 Å². The lowest BCUT2D eigenvalue weighted by Gasteiger charge is -2.24. The highest BCUT2D eigenvalue weighted by atomic mass is 35.5. The Kier molecular flexibility index (Phi) is 4.03. The first-order valence-electron chi connectivity index (χ1n) is 4.84. The predicted molar refractivity (Wildman–Crippen MR) is 58.9 cm³/mol. The molecule has 0 aliphatic carbocycles. The summed E-state index contributed by atoms with van der Waals surface area (Å²) in [5.41, 5.74) is 0.329. The van der Waals surface area contributed by atoms with Gasteiger partial charge in [-0.25, -0.2) is 9.97 Å². The third-order valence-electron chi connectivity index (χ3n) is 2.06. The first-order valence-corrected chi connectivity index (χ1v) is 5.22. The summed E-state index contributed by atoms with van der Waals surface area (Å²) >= 11 is 5.59. The van der Waals surface area contributed by atoms with Crippen molar-refractivity contribution in [2.45, 2.75) is 26.8 Å². The first-order chi connectivity index (χ1) is 7.06. The van der Waals surface area contributed by atoms with E-state index in [1.54, 1.807) is 4.90 Å². The van der Waals surface area contributed by atoms with Crippen LogP contribution in [0.15, 0.2) is 12.4 Å². The van der Waals surface area contributed by atoms with E-state index in [0.717, 1.165) is 0 Å². The molecule has 0 aliphatic rings. The molecule has 15 heavy (non-hydrogen) atoms. The van der Waals surface area contributed by atoms with Crippen LogP contribution in [-0.4, -0.2) is 33.4 Å². The van der Waals surface area contributed by atoms with Crippen LogP contribution in [0, 0.1) is 0 Å². The number of nitrogens with zero attached hydrogens (tertiary/aromatic N) is 3. The molecule has 1 amide bonds. The molecule has 1 aromatic heterocycles. The Morgan fingerprint density at radius 1 is 1.47 bits per heavy atom. The summed E-state index contributed by atoms with van der Waals surface area (Å²) in [6.07, 6.45) is 2.78. The van der Waals surface area contributed by atoms with Gasteiger partial charge in [0.25, 0.3) is 5.91 Å². The van der Waals surface area contributed by atoms with E-state index in [-0.39, 0.29) is 11.9 Å². The van der Waals surface area contributed by atoms with E-state index in [1.165, 1.54) is 12.4 Å². The summed E-state index contributed by atoms with van der Waals surface area (Å²) in [6, 6.07) is 0.153. The van der Waals surface area contributed by atoms with Crippen LogP contribution in [0.1, 0.15) is 31.3 Å². The molecule has 0 aromatic carbocycles. The number of hydrogen-bond acceptors (Lipinski definition) is 3. The lowest BCUT2D eigenvalue weighted by Crippen LogP contribution is -2.37. The lowest BCUT2D eigenvalue weighted by molar-refractivity contribution is 0.0710. The third-order valence-corrected chi connectivity index (χ3v) is 2.26. The molecule has 1 aromatic rings. The Hall–Kier alpha value is -1.16. The molecule has 1 heterocycles. The van der Waals surface area contributed by atoms with Crippen molar-refractivity contribution in [2.24, 2.45) is 0 Å².